The molecule has 0 unspecified atom stereocenters. The van der Waals surface area contributed by atoms with Crippen molar-refractivity contribution in [1.82, 2.24) is 0 Å². The van der Waals surface area contributed by atoms with Crippen molar-refractivity contribution in [2.75, 3.05) is 0 Å². The topological polar surface area (TPSA) is 13.1 Å². The fourth-order valence-corrected chi connectivity index (χ4v) is 3.76. The normalized spacial score (nSPS) is 11.9. The van der Waals surface area contributed by atoms with Gasteiger partial charge in [0.15, 0.2) is 0 Å². The van der Waals surface area contributed by atoms with E-state index in [2.05, 4.69) is 37.2 Å². The number of furan rings is 1. The minimum Gasteiger partial charge on any atom is -0.472 e. The Labute approximate surface area is 89.4 Å². The molecular formula is C11H14OSSi. The van der Waals surface area contributed by atoms with Crippen LogP contribution in [0.2, 0.25) is 19.6 Å². The van der Waals surface area contributed by atoms with E-state index in [1.165, 1.54) is 15.6 Å². The lowest BCUT2D eigenvalue weighted by Gasteiger charge is -2.15. The SMILES string of the molecule is C[Si](C)(C)c1cocc1-c1cccs1. The second-order valence-corrected chi connectivity index (χ2v) is 10.4. The van der Waals surface area contributed by atoms with Crippen molar-refractivity contribution in [3.8, 4) is 10.4 Å². The van der Waals surface area contributed by atoms with Gasteiger partial charge >= 0.3 is 0 Å². The third-order valence-electron chi connectivity index (χ3n) is 2.26. The summed E-state index contributed by atoms with van der Waals surface area (Å²) in [6.45, 7) is 7.03. The molecule has 0 bridgehead atoms. The molecule has 0 N–H and O–H groups in total. The maximum atomic E-state index is 5.34. The van der Waals surface area contributed by atoms with Crippen LogP contribution in [0.5, 0.6) is 0 Å². The first kappa shape index (κ1) is 9.74. The van der Waals surface area contributed by atoms with Gasteiger partial charge in [-0.25, -0.2) is 0 Å². The first-order chi connectivity index (χ1) is 6.59. The van der Waals surface area contributed by atoms with Crippen molar-refractivity contribution in [3.05, 3.63) is 30.0 Å². The highest BCUT2D eigenvalue weighted by Gasteiger charge is 2.22. The van der Waals surface area contributed by atoms with Gasteiger partial charge in [0.2, 0.25) is 0 Å². The molecule has 0 fully saturated rings. The summed E-state index contributed by atoms with van der Waals surface area (Å²) in [5.74, 6) is 0. The van der Waals surface area contributed by atoms with Crippen LogP contribution < -0.4 is 5.19 Å². The molecule has 0 aliphatic rings. The van der Waals surface area contributed by atoms with Crippen molar-refractivity contribution >= 4 is 24.6 Å². The summed E-state index contributed by atoms with van der Waals surface area (Å²) in [5.41, 5.74) is 1.29. The maximum Gasteiger partial charge on any atom is 0.0987 e. The lowest BCUT2D eigenvalue weighted by Crippen LogP contribution is -2.37. The van der Waals surface area contributed by atoms with Crippen molar-refractivity contribution < 1.29 is 4.42 Å². The molecule has 2 heterocycles. The van der Waals surface area contributed by atoms with Crippen LogP contribution in [0.4, 0.5) is 0 Å². The van der Waals surface area contributed by atoms with Crippen molar-refractivity contribution in [2.24, 2.45) is 0 Å². The second kappa shape index (κ2) is 3.40. The third kappa shape index (κ3) is 1.70. The number of rotatable bonds is 2. The summed E-state index contributed by atoms with van der Waals surface area (Å²) >= 11 is 1.77. The summed E-state index contributed by atoms with van der Waals surface area (Å²) in [6.07, 6.45) is 3.79. The number of hydrogen-bond donors (Lipinski definition) is 0. The van der Waals surface area contributed by atoms with Gasteiger partial charge in [-0.3, -0.25) is 0 Å². The van der Waals surface area contributed by atoms with E-state index in [0.29, 0.717) is 0 Å². The predicted molar refractivity (Wildman–Crippen MR) is 65.0 cm³/mol. The van der Waals surface area contributed by atoms with E-state index in [-0.39, 0.29) is 0 Å². The summed E-state index contributed by atoms with van der Waals surface area (Å²) in [7, 11) is -1.27. The van der Waals surface area contributed by atoms with Crippen molar-refractivity contribution in [2.45, 2.75) is 19.6 Å². The minimum atomic E-state index is -1.27. The zero-order valence-corrected chi connectivity index (χ0v) is 10.5. The van der Waals surface area contributed by atoms with Gasteiger partial charge in [0, 0.05) is 10.4 Å². The van der Waals surface area contributed by atoms with Crippen LogP contribution in [0.1, 0.15) is 0 Å². The van der Waals surface area contributed by atoms with Crippen LogP contribution in [0.15, 0.2) is 34.5 Å². The van der Waals surface area contributed by atoms with Crippen LogP contribution in [0.25, 0.3) is 10.4 Å². The Morgan fingerprint density at radius 2 is 2.00 bits per heavy atom. The molecule has 3 heteroatoms. The average molecular weight is 222 g/mol. The van der Waals surface area contributed by atoms with Gasteiger partial charge in [0.05, 0.1) is 20.6 Å². The van der Waals surface area contributed by atoms with Gasteiger partial charge in [0.1, 0.15) is 0 Å². The van der Waals surface area contributed by atoms with E-state index < -0.39 is 8.07 Å². The van der Waals surface area contributed by atoms with Crippen molar-refractivity contribution in [1.29, 1.82) is 0 Å². The highest BCUT2D eigenvalue weighted by molar-refractivity contribution is 7.13. The van der Waals surface area contributed by atoms with Crippen molar-refractivity contribution in [3.63, 3.8) is 0 Å². The lowest BCUT2D eigenvalue weighted by molar-refractivity contribution is 0.570. The predicted octanol–water partition coefficient (Wildman–Crippen LogP) is 3.55. The van der Waals surface area contributed by atoms with Crippen LogP contribution in [0.3, 0.4) is 0 Å². The Hall–Kier alpha value is -0.803. The zero-order chi connectivity index (χ0) is 10.2. The van der Waals surface area contributed by atoms with E-state index in [1.807, 2.05) is 12.5 Å². The highest BCUT2D eigenvalue weighted by Crippen LogP contribution is 2.25. The van der Waals surface area contributed by atoms with E-state index in [1.54, 1.807) is 11.3 Å². The van der Waals surface area contributed by atoms with Gasteiger partial charge in [-0.1, -0.05) is 25.7 Å². The number of hydrogen-bond acceptors (Lipinski definition) is 2. The molecule has 2 aromatic heterocycles. The molecule has 1 nitrogen and oxygen atoms in total. The summed E-state index contributed by atoms with van der Waals surface area (Å²) in [5, 5.41) is 3.52. The smallest absolute Gasteiger partial charge is 0.0987 e. The molecule has 0 radical (unpaired) electrons. The van der Waals surface area contributed by atoms with Gasteiger partial charge in [-0.15, -0.1) is 11.3 Å². The molecule has 0 aliphatic carbocycles. The average Bonchev–Trinajstić information content (AvgIpc) is 2.73. The first-order valence-electron chi connectivity index (χ1n) is 4.69. The van der Waals surface area contributed by atoms with E-state index in [9.17, 15) is 0 Å². The maximum absolute atomic E-state index is 5.34. The highest BCUT2D eigenvalue weighted by atomic mass is 32.1. The number of thiophene rings is 1. The van der Waals surface area contributed by atoms with Gasteiger partial charge < -0.3 is 4.42 Å². The fraction of sp³-hybridized carbons (Fsp3) is 0.273. The Balaban J connectivity index is 2.51. The minimum absolute atomic E-state index is 1.27. The first-order valence-corrected chi connectivity index (χ1v) is 9.07. The molecule has 0 saturated heterocycles. The molecule has 0 saturated carbocycles. The summed E-state index contributed by atoms with van der Waals surface area (Å²) in [4.78, 5) is 1.32. The Bertz CT molecular complexity index is 409. The monoisotopic (exact) mass is 222 g/mol. The molecular weight excluding hydrogens is 208 g/mol. The molecule has 14 heavy (non-hydrogen) atoms. The van der Waals surface area contributed by atoms with Gasteiger partial charge in [-0.2, -0.15) is 0 Å². The Morgan fingerprint density at radius 1 is 1.21 bits per heavy atom. The fourth-order valence-electron chi connectivity index (χ4n) is 1.50. The molecule has 2 rings (SSSR count). The van der Waals surface area contributed by atoms with Crippen LogP contribution >= 0.6 is 11.3 Å². The second-order valence-electron chi connectivity index (χ2n) is 4.43. The Morgan fingerprint density at radius 3 is 2.57 bits per heavy atom. The lowest BCUT2D eigenvalue weighted by atomic mass is 10.3. The van der Waals surface area contributed by atoms with E-state index in [0.717, 1.165) is 0 Å². The molecule has 0 aliphatic heterocycles. The molecule has 0 aromatic carbocycles. The van der Waals surface area contributed by atoms with E-state index in [4.69, 9.17) is 4.42 Å². The quantitative estimate of drug-likeness (QED) is 0.708. The van der Waals surface area contributed by atoms with Crippen LogP contribution in [-0.2, 0) is 0 Å². The molecule has 0 amide bonds. The third-order valence-corrected chi connectivity index (χ3v) is 5.16. The van der Waals surface area contributed by atoms with Gasteiger partial charge in [-0.05, 0) is 16.6 Å². The van der Waals surface area contributed by atoms with Crippen LogP contribution in [-0.4, -0.2) is 8.07 Å². The van der Waals surface area contributed by atoms with E-state index >= 15 is 0 Å². The molecule has 2 aromatic rings. The largest absolute Gasteiger partial charge is 0.472 e. The molecule has 0 spiro atoms. The molecule has 0 atom stereocenters. The standard InChI is InChI=1S/C11H14OSSi/c1-14(2,3)11-8-12-7-9(11)10-5-4-6-13-10/h4-8H,1-3H3. The summed E-state index contributed by atoms with van der Waals surface area (Å²) < 4.78 is 5.34. The molecule has 74 valence electrons. The van der Waals surface area contributed by atoms with Crippen LogP contribution in [0, 0.1) is 0 Å². The Kier molecular flexibility index (Phi) is 2.37. The zero-order valence-electron chi connectivity index (χ0n) is 8.70. The van der Waals surface area contributed by atoms with Gasteiger partial charge in [0.25, 0.3) is 0 Å². The summed E-state index contributed by atoms with van der Waals surface area (Å²) in [6, 6.07) is 4.24.